The molecule has 3 fully saturated rings. The van der Waals surface area contributed by atoms with Crippen LogP contribution in [0.1, 0.15) is 36.0 Å². The molecule has 1 aromatic rings. The number of rotatable bonds is 4. The maximum atomic E-state index is 12.3. The van der Waals surface area contributed by atoms with Crippen LogP contribution in [0.25, 0.3) is 0 Å². The molecule has 4 nitrogen and oxygen atoms in total. The molecule has 3 heterocycles. The summed E-state index contributed by atoms with van der Waals surface area (Å²) in [6, 6.07) is 11.2. The van der Waals surface area contributed by atoms with Gasteiger partial charge in [-0.25, -0.2) is 0 Å². The number of hydrogen-bond donors (Lipinski definition) is 1. The lowest BCUT2D eigenvalue weighted by Gasteiger charge is -2.42. The van der Waals surface area contributed by atoms with Gasteiger partial charge in [-0.05, 0) is 37.8 Å². The number of benzene rings is 1. The molecule has 1 amide bonds. The van der Waals surface area contributed by atoms with Crippen molar-refractivity contribution >= 4 is 5.91 Å². The van der Waals surface area contributed by atoms with E-state index in [2.05, 4.69) is 10.2 Å². The first-order valence-electron chi connectivity index (χ1n) is 8.49. The highest BCUT2D eigenvalue weighted by Gasteiger charge is 2.42. The topological polar surface area (TPSA) is 41.6 Å². The van der Waals surface area contributed by atoms with Crippen molar-refractivity contribution in [1.29, 1.82) is 0 Å². The molecule has 3 aliphatic heterocycles. The number of nitrogens with one attached hydrogen (secondary N) is 1. The predicted octanol–water partition coefficient (Wildman–Crippen LogP) is 2.06. The summed E-state index contributed by atoms with van der Waals surface area (Å²) in [7, 11) is 0. The molecule has 0 spiro atoms. The lowest BCUT2D eigenvalue weighted by Crippen LogP contribution is -2.53. The van der Waals surface area contributed by atoms with Crippen molar-refractivity contribution in [2.24, 2.45) is 5.92 Å². The average molecular weight is 300 g/mol. The van der Waals surface area contributed by atoms with Gasteiger partial charge < -0.3 is 10.1 Å². The summed E-state index contributed by atoms with van der Waals surface area (Å²) in [5, 5.41) is 3.25. The molecule has 3 saturated heterocycles. The van der Waals surface area contributed by atoms with Crippen LogP contribution in [0.5, 0.6) is 0 Å². The van der Waals surface area contributed by atoms with E-state index in [0.717, 1.165) is 37.5 Å². The Bertz CT molecular complexity index is 515. The molecule has 2 bridgehead atoms. The van der Waals surface area contributed by atoms with Gasteiger partial charge in [0, 0.05) is 36.2 Å². The van der Waals surface area contributed by atoms with Crippen LogP contribution in [-0.4, -0.2) is 48.7 Å². The van der Waals surface area contributed by atoms with Gasteiger partial charge in [0.05, 0.1) is 13.2 Å². The molecule has 1 N–H and O–H groups in total. The first-order valence-corrected chi connectivity index (χ1v) is 8.49. The van der Waals surface area contributed by atoms with Crippen LogP contribution in [0.15, 0.2) is 30.3 Å². The van der Waals surface area contributed by atoms with E-state index >= 15 is 0 Å². The Morgan fingerprint density at radius 2 is 1.82 bits per heavy atom. The zero-order valence-electron chi connectivity index (χ0n) is 12.9. The van der Waals surface area contributed by atoms with Crippen molar-refractivity contribution in [3.8, 4) is 0 Å². The third kappa shape index (κ3) is 2.77. The molecule has 0 aromatic heterocycles. The number of nitrogens with zero attached hydrogens (tertiary/aromatic N) is 1. The van der Waals surface area contributed by atoms with Crippen molar-refractivity contribution in [3.63, 3.8) is 0 Å². The van der Waals surface area contributed by atoms with E-state index in [-0.39, 0.29) is 5.91 Å². The molecule has 0 saturated carbocycles. The van der Waals surface area contributed by atoms with Crippen molar-refractivity contribution in [2.75, 3.05) is 19.8 Å². The Labute approximate surface area is 131 Å². The van der Waals surface area contributed by atoms with Gasteiger partial charge >= 0.3 is 0 Å². The number of piperidine rings is 1. The highest BCUT2D eigenvalue weighted by Crippen LogP contribution is 2.36. The first-order chi connectivity index (χ1) is 10.8. The second kappa shape index (κ2) is 6.01. The van der Waals surface area contributed by atoms with Crippen LogP contribution in [0.4, 0.5) is 0 Å². The largest absolute Gasteiger partial charge is 0.381 e. The number of ether oxygens (including phenoxy) is 1. The summed E-state index contributed by atoms with van der Waals surface area (Å²) in [6.07, 6.45) is 4.78. The third-order valence-electron chi connectivity index (χ3n) is 5.43. The zero-order chi connectivity index (χ0) is 14.9. The van der Waals surface area contributed by atoms with Gasteiger partial charge in [-0.1, -0.05) is 18.2 Å². The average Bonchev–Trinajstić information content (AvgIpc) is 2.73. The number of carbonyl (C=O) groups is 1. The fraction of sp³-hybridized carbons (Fsp3) is 0.611. The molecule has 4 heteroatoms. The fourth-order valence-electron chi connectivity index (χ4n) is 4.24. The molecular formula is C18H24N2O2. The molecule has 22 heavy (non-hydrogen) atoms. The maximum absolute atomic E-state index is 12.3. The molecule has 1 aromatic carbocycles. The maximum Gasteiger partial charge on any atom is 0.251 e. The normalized spacial score (nSPS) is 31.7. The summed E-state index contributed by atoms with van der Waals surface area (Å²) < 4.78 is 5.31. The Hall–Kier alpha value is -1.39. The summed E-state index contributed by atoms with van der Waals surface area (Å²) in [4.78, 5) is 15.0. The van der Waals surface area contributed by atoms with Gasteiger partial charge in [-0.2, -0.15) is 0 Å². The minimum absolute atomic E-state index is 0.0749. The van der Waals surface area contributed by atoms with Gasteiger partial charge in [-0.3, -0.25) is 9.69 Å². The SMILES string of the molecule is O=C(NC1C[C@H]2CC[C@@H](C1)N2CC1COC1)c1ccccc1. The molecule has 0 aliphatic carbocycles. The second-order valence-corrected chi connectivity index (χ2v) is 6.99. The van der Waals surface area contributed by atoms with E-state index in [1.54, 1.807) is 0 Å². The van der Waals surface area contributed by atoms with Gasteiger partial charge in [0.1, 0.15) is 0 Å². The number of hydrogen-bond acceptors (Lipinski definition) is 3. The number of fused-ring (bicyclic) bond motifs is 2. The van der Waals surface area contributed by atoms with E-state index in [1.165, 1.54) is 19.4 Å². The number of amides is 1. The van der Waals surface area contributed by atoms with Crippen LogP contribution in [0.3, 0.4) is 0 Å². The minimum Gasteiger partial charge on any atom is -0.381 e. The fourth-order valence-corrected chi connectivity index (χ4v) is 4.24. The summed E-state index contributed by atoms with van der Waals surface area (Å²) in [6.45, 7) is 3.06. The van der Waals surface area contributed by atoms with Crippen LogP contribution >= 0.6 is 0 Å². The van der Waals surface area contributed by atoms with Crippen molar-refractivity contribution in [3.05, 3.63) is 35.9 Å². The van der Waals surface area contributed by atoms with Gasteiger partial charge in [0.2, 0.25) is 0 Å². The summed E-state index contributed by atoms with van der Waals surface area (Å²) in [5.74, 6) is 0.810. The molecule has 1 unspecified atom stereocenters. The van der Waals surface area contributed by atoms with Crippen LogP contribution in [-0.2, 0) is 4.74 Å². The molecule has 3 aliphatic rings. The van der Waals surface area contributed by atoms with E-state index in [4.69, 9.17) is 4.74 Å². The lowest BCUT2D eigenvalue weighted by molar-refractivity contribution is -0.0576. The quantitative estimate of drug-likeness (QED) is 0.925. The Morgan fingerprint density at radius 1 is 1.14 bits per heavy atom. The molecule has 3 atom stereocenters. The highest BCUT2D eigenvalue weighted by atomic mass is 16.5. The third-order valence-corrected chi connectivity index (χ3v) is 5.43. The van der Waals surface area contributed by atoms with Crippen LogP contribution < -0.4 is 5.32 Å². The van der Waals surface area contributed by atoms with Crippen LogP contribution in [0.2, 0.25) is 0 Å². The first kappa shape index (κ1) is 14.2. The highest BCUT2D eigenvalue weighted by molar-refractivity contribution is 5.94. The monoisotopic (exact) mass is 300 g/mol. The van der Waals surface area contributed by atoms with E-state index in [9.17, 15) is 4.79 Å². The Balaban J connectivity index is 1.35. The smallest absolute Gasteiger partial charge is 0.251 e. The predicted molar refractivity (Wildman–Crippen MR) is 84.8 cm³/mol. The Morgan fingerprint density at radius 3 is 2.41 bits per heavy atom. The van der Waals surface area contributed by atoms with E-state index in [0.29, 0.717) is 18.1 Å². The van der Waals surface area contributed by atoms with E-state index < -0.39 is 0 Å². The van der Waals surface area contributed by atoms with Gasteiger partial charge in [0.25, 0.3) is 5.91 Å². The lowest BCUT2D eigenvalue weighted by atomic mass is 9.95. The standard InChI is InChI=1S/C18H24N2O2/c21-18(14-4-2-1-3-5-14)19-15-8-16-6-7-17(9-15)20(16)10-13-11-22-12-13/h1-5,13,15-17H,6-12H2,(H,19,21)/t15?,16-,17+. The minimum atomic E-state index is 0.0749. The molecule has 0 radical (unpaired) electrons. The molecular weight excluding hydrogens is 276 g/mol. The van der Waals surface area contributed by atoms with Gasteiger partial charge in [-0.15, -0.1) is 0 Å². The Kier molecular flexibility index (Phi) is 3.89. The zero-order valence-corrected chi connectivity index (χ0v) is 12.9. The second-order valence-electron chi connectivity index (χ2n) is 6.99. The van der Waals surface area contributed by atoms with Crippen molar-refractivity contribution in [1.82, 2.24) is 10.2 Å². The summed E-state index contributed by atoms with van der Waals surface area (Å²) in [5.41, 5.74) is 0.767. The summed E-state index contributed by atoms with van der Waals surface area (Å²) >= 11 is 0. The van der Waals surface area contributed by atoms with Crippen LogP contribution in [0, 0.1) is 5.92 Å². The van der Waals surface area contributed by atoms with E-state index in [1.807, 2.05) is 30.3 Å². The van der Waals surface area contributed by atoms with Crippen molar-refractivity contribution in [2.45, 2.75) is 43.8 Å². The molecule has 4 rings (SSSR count). The van der Waals surface area contributed by atoms with Crippen molar-refractivity contribution < 1.29 is 9.53 Å². The number of carbonyl (C=O) groups excluding carboxylic acids is 1. The van der Waals surface area contributed by atoms with Gasteiger partial charge in [0.15, 0.2) is 0 Å². The molecule has 118 valence electrons.